The van der Waals surface area contributed by atoms with Gasteiger partial charge >= 0.3 is 0 Å². The Labute approximate surface area is 133 Å². The summed E-state index contributed by atoms with van der Waals surface area (Å²) in [5.41, 5.74) is 0.569. The Morgan fingerprint density at radius 1 is 1.39 bits per heavy atom. The van der Waals surface area contributed by atoms with Crippen LogP contribution in [0.1, 0.15) is 18.4 Å². The van der Waals surface area contributed by atoms with Crippen molar-refractivity contribution in [3.05, 3.63) is 35.4 Å². The zero-order chi connectivity index (χ0) is 16.7. The second kappa shape index (κ2) is 8.90. The first-order chi connectivity index (χ1) is 11.1. The van der Waals surface area contributed by atoms with E-state index in [1.165, 1.54) is 6.07 Å². The molecule has 1 aliphatic rings. The number of ether oxygens (including phenoxy) is 2. The number of halogens is 2. The van der Waals surface area contributed by atoms with Gasteiger partial charge in [-0.25, -0.2) is 8.78 Å². The van der Waals surface area contributed by atoms with Crippen LogP contribution < -0.4 is 5.32 Å². The number of aliphatic hydroxyl groups excluding tert-OH is 1. The number of nitrogens with one attached hydrogen (secondary N) is 1. The lowest BCUT2D eigenvalue weighted by Gasteiger charge is -2.32. The number of hydrogen-bond acceptors (Lipinski definition) is 4. The van der Waals surface area contributed by atoms with Crippen molar-refractivity contribution in [2.75, 3.05) is 26.4 Å². The van der Waals surface area contributed by atoms with Crippen molar-refractivity contribution in [3.63, 3.8) is 0 Å². The van der Waals surface area contributed by atoms with Gasteiger partial charge in [-0.3, -0.25) is 4.79 Å². The first kappa shape index (κ1) is 17.8. The maximum atomic E-state index is 13.1. The summed E-state index contributed by atoms with van der Waals surface area (Å²) in [6.07, 6.45) is 0.847. The Kier molecular flexibility index (Phi) is 6.88. The van der Waals surface area contributed by atoms with Crippen LogP contribution in [0.2, 0.25) is 0 Å². The third-order valence-corrected chi connectivity index (χ3v) is 3.70. The number of rotatable bonds is 7. The van der Waals surface area contributed by atoms with Crippen LogP contribution >= 0.6 is 0 Å². The van der Waals surface area contributed by atoms with Crippen LogP contribution in [0.4, 0.5) is 8.78 Å². The van der Waals surface area contributed by atoms with Crippen LogP contribution in [-0.2, 0) is 20.7 Å². The van der Waals surface area contributed by atoms with Crippen molar-refractivity contribution in [2.45, 2.75) is 31.4 Å². The molecule has 23 heavy (non-hydrogen) atoms. The van der Waals surface area contributed by atoms with Gasteiger partial charge in [0.05, 0.1) is 25.9 Å². The highest BCUT2D eigenvalue weighted by Crippen LogP contribution is 2.13. The molecular formula is C16H21F2NO4. The van der Waals surface area contributed by atoms with E-state index < -0.39 is 11.6 Å². The topological polar surface area (TPSA) is 67.8 Å². The summed E-state index contributed by atoms with van der Waals surface area (Å²) in [7, 11) is 0. The van der Waals surface area contributed by atoms with Crippen molar-refractivity contribution in [3.8, 4) is 0 Å². The van der Waals surface area contributed by atoms with E-state index in [4.69, 9.17) is 14.6 Å². The van der Waals surface area contributed by atoms with Gasteiger partial charge in [0.1, 0.15) is 6.10 Å². The molecule has 7 heteroatoms. The van der Waals surface area contributed by atoms with E-state index in [9.17, 15) is 13.6 Å². The van der Waals surface area contributed by atoms with Crippen LogP contribution in [-0.4, -0.2) is 49.6 Å². The zero-order valence-corrected chi connectivity index (χ0v) is 12.8. The maximum absolute atomic E-state index is 13.1. The molecule has 1 heterocycles. The van der Waals surface area contributed by atoms with E-state index >= 15 is 0 Å². The summed E-state index contributed by atoms with van der Waals surface area (Å²) in [4.78, 5) is 12.0. The van der Waals surface area contributed by atoms with Gasteiger partial charge in [-0.2, -0.15) is 0 Å². The summed E-state index contributed by atoms with van der Waals surface area (Å²) < 4.78 is 36.7. The first-order valence-electron chi connectivity index (χ1n) is 7.63. The normalized spacial score (nSPS) is 21.2. The van der Waals surface area contributed by atoms with Gasteiger partial charge in [0.25, 0.3) is 0 Å². The fraction of sp³-hybridized carbons (Fsp3) is 0.562. The van der Waals surface area contributed by atoms with Crippen LogP contribution in [0.15, 0.2) is 18.2 Å². The summed E-state index contributed by atoms with van der Waals surface area (Å²) in [6.45, 7) is 1.00. The smallest absolute Gasteiger partial charge is 0.220 e. The molecule has 2 N–H and O–H groups in total. The Morgan fingerprint density at radius 2 is 2.22 bits per heavy atom. The minimum absolute atomic E-state index is 0.0900. The third kappa shape index (κ3) is 5.53. The number of benzene rings is 1. The summed E-state index contributed by atoms with van der Waals surface area (Å²) in [6, 6.07) is 3.45. The number of hydrogen-bond donors (Lipinski definition) is 2. The lowest BCUT2D eigenvalue weighted by atomic mass is 10.0. The average molecular weight is 329 g/mol. The molecule has 0 radical (unpaired) electrons. The molecule has 1 fully saturated rings. The number of carbonyl (C=O) groups is 1. The maximum Gasteiger partial charge on any atom is 0.220 e. The second-order valence-corrected chi connectivity index (χ2v) is 5.42. The van der Waals surface area contributed by atoms with Crippen molar-refractivity contribution in [1.29, 1.82) is 0 Å². The van der Waals surface area contributed by atoms with Crippen LogP contribution in [0.25, 0.3) is 0 Å². The molecule has 1 aliphatic heterocycles. The second-order valence-electron chi connectivity index (χ2n) is 5.42. The molecule has 128 valence electrons. The molecule has 1 aromatic carbocycles. The van der Waals surface area contributed by atoms with Crippen LogP contribution in [0.3, 0.4) is 0 Å². The molecule has 5 nitrogen and oxygen atoms in total. The number of carbonyl (C=O) groups excluding carboxylic acids is 1. The SMILES string of the molecule is O=C(CCc1ccc(F)c(F)c1)N[C@@H]1CCOC[C@H]1OCCO. The summed E-state index contributed by atoms with van der Waals surface area (Å²) in [5, 5.41) is 11.7. The molecule has 0 spiro atoms. The monoisotopic (exact) mass is 329 g/mol. The lowest BCUT2D eigenvalue weighted by Crippen LogP contribution is -2.50. The van der Waals surface area contributed by atoms with Gasteiger partial charge in [-0.15, -0.1) is 0 Å². The van der Waals surface area contributed by atoms with E-state index in [-0.39, 0.29) is 37.7 Å². The Hall–Kier alpha value is -1.57. The van der Waals surface area contributed by atoms with Crippen LogP contribution in [0.5, 0.6) is 0 Å². The third-order valence-electron chi connectivity index (χ3n) is 3.70. The number of amides is 1. The van der Waals surface area contributed by atoms with Crippen molar-refractivity contribution in [1.82, 2.24) is 5.32 Å². The van der Waals surface area contributed by atoms with E-state index in [1.54, 1.807) is 0 Å². The number of aliphatic hydroxyl groups is 1. The van der Waals surface area contributed by atoms with E-state index in [0.717, 1.165) is 12.1 Å². The lowest BCUT2D eigenvalue weighted by molar-refractivity contribution is -0.126. The molecule has 2 rings (SSSR count). The summed E-state index contributed by atoms with van der Waals surface area (Å²) >= 11 is 0. The molecule has 1 saturated heterocycles. The van der Waals surface area contributed by atoms with Crippen molar-refractivity contribution in [2.24, 2.45) is 0 Å². The fourth-order valence-corrected chi connectivity index (χ4v) is 2.48. The molecule has 0 unspecified atom stereocenters. The minimum atomic E-state index is -0.912. The highest BCUT2D eigenvalue weighted by Gasteiger charge is 2.27. The van der Waals surface area contributed by atoms with Gasteiger partial charge in [-0.05, 0) is 30.5 Å². The molecule has 0 aromatic heterocycles. The minimum Gasteiger partial charge on any atom is -0.394 e. The predicted octanol–water partition coefficient (Wildman–Crippen LogP) is 1.18. The van der Waals surface area contributed by atoms with Crippen LogP contribution in [0, 0.1) is 11.6 Å². The molecular weight excluding hydrogens is 308 g/mol. The Balaban J connectivity index is 1.81. The largest absolute Gasteiger partial charge is 0.394 e. The van der Waals surface area contributed by atoms with Gasteiger partial charge in [-0.1, -0.05) is 6.07 Å². The molecule has 1 amide bonds. The zero-order valence-electron chi connectivity index (χ0n) is 12.8. The molecule has 0 saturated carbocycles. The average Bonchev–Trinajstić information content (AvgIpc) is 2.55. The molecule has 0 bridgehead atoms. The van der Waals surface area contributed by atoms with Crippen molar-refractivity contribution >= 4 is 5.91 Å². The quantitative estimate of drug-likeness (QED) is 0.788. The molecule has 2 atom stereocenters. The Bertz CT molecular complexity index is 527. The van der Waals surface area contributed by atoms with Crippen molar-refractivity contribution < 1.29 is 28.2 Å². The van der Waals surface area contributed by atoms with Gasteiger partial charge in [0, 0.05) is 13.0 Å². The van der Waals surface area contributed by atoms with E-state index in [2.05, 4.69) is 5.32 Å². The fourth-order valence-electron chi connectivity index (χ4n) is 2.48. The van der Waals surface area contributed by atoms with Gasteiger partial charge < -0.3 is 19.9 Å². The number of aryl methyl sites for hydroxylation is 1. The molecule has 1 aromatic rings. The summed E-state index contributed by atoms with van der Waals surface area (Å²) in [5.74, 6) is -1.99. The van der Waals surface area contributed by atoms with E-state index in [1.807, 2.05) is 0 Å². The first-order valence-corrected chi connectivity index (χ1v) is 7.63. The predicted molar refractivity (Wildman–Crippen MR) is 78.9 cm³/mol. The molecule has 0 aliphatic carbocycles. The Morgan fingerprint density at radius 3 is 2.96 bits per heavy atom. The highest BCUT2D eigenvalue weighted by molar-refractivity contribution is 5.76. The highest BCUT2D eigenvalue weighted by atomic mass is 19.2. The van der Waals surface area contributed by atoms with Gasteiger partial charge in [0.15, 0.2) is 11.6 Å². The van der Waals surface area contributed by atoms with Gasteiger partial charge in [0.2, 0.25) is 5.91 Å². The van der Waals surface area contributed by atoms with E-state index in [0.29, 0.717) is 31.6 Å². The standard InChI is InChI=1S/C16H21F2NO4/c17-12-3-1-11(9-13(12)18)2-4-16(21)19-14-5-7-22-10-15(14)23-8-6-20/h1,3,9,14-15,20H,2,4-8,10H2,(H,19,21)/t14-,15-/m1/s1.